The molecule has 0 aromatic carbocycles. The number of hydrogen-bond acceptors (Lipinski definition) is 4. The van der Waals surface area contributed by atoms with Crippen molar-refractivity contribution in [2.75, 3.05) is 0 Å². The van der Waals surface area contributed by atoms with Crippen molar-refractivity contribution in [3.8, 4) is 10.6 Å². The molecule has 0 fully saturated rings. The maximum atomic E-state index is 11.2. The topological polar surface area (TPSA) is 47.8 Å². The second-order valence-corrected chi connectivity index (χ2v) is 3.67. The summed E-state index contributed by atoms with van der Waals surface area (Å²) in [4.78, 5) is 11.2. The third-order valence-electron chi connectivity index (χ3n) is 1.69. The Labute approximate surface area is 73.3 Å². The van der Waals surface area contributed by atoms with E-state index in [4.69, 9.17) is 0 Å². The van der Waals surface area contributed by atoms with Crippen LogP contribution in [-0.2, 0) is 7.05 Å². The Morgan fingerprint density at radius 1 is 1.67 bits per heavy atom. The van der Waals surface area contributed by atoms with Crippen LogP contribution in [0.3, 0.4) is 0 Å². The van der Waals surface area contributed by atoms with Gasteiger partial charge in [-0.05, 0) is 11.5 Å². The molecule has 2 aliphatic heterocycles. The minimum Gasteiger partial charge on any atom is -0.295 e. The van der Waals surface area contributed by atoms with Gasteiger partial charge in [-0.2, -0.15) is 5.10 Å². The summed E-state index contributed by atoms with van der Waals surface area (Å²) in [6.07, 6.45) is 1.63. The first-order valence-corrected chi connectivity index (χ1v) is 4.26. The SMILES string of the molecule is CC(=O)c1c2cnnc-2sn1C. The fourth-order valence-corrected chi connectivity index (χ4v) is 2.14. The van der Waals surface area contributed by atoms with Gasteiger partial charge in [-0.1, -0.05) is 0 Å². The minimum absolute atomic E-state index is 0.0542. The predicted octanol–water partition coefficient (Wildman–Crippen LogP) is 1.18. The lowest BCUT2D eigenvalue weighted by Gasteiger charge is -1.94. The lowest BCUT2D eigenvalue weighted by Crippen LogP contribution is -1.99. The van der Waals surface area contributed by atoms with Crippen molar-refractivity contribution in [2.24, 2.45) is 7.05 Å². The van der Waals surface area contributed by atoms with Crippen molar-refractivity contribution in [1.82, 2.24) is 14.2 Å². The highest BCUT2D eigenvalue weighted by Gasteiger charge is 2.19. The summed E-state index contributed by atoms with van der Waals surface area (Å²) in [7, 11) is 1.85. The van der Waals surface area contributed by atoms with Gasteiger partial charge in [0.05, 0.1) is 11.8 Å². The van der Waals surface area contributed by atoms with Gasteiger partial charge in [0.15, 0.2) is 10.8 Å². The molecule has 0 saturated heterocycles. The van der Waals surface area contributed by atoms with Crippen LogP contribution in [0.1, 0.15) is 17.4 Å². The first-order valence-electron chi connectivity index (χ1n) is 3.48. The Morgan fingerprint density at radius 2 is 2.42 bits per heavy atom. The summed E-state index contributed by atoms with van der Waals surface area (Å²) in [6, 6.07) is 0. The van der Waals surface area contributed by atoms with E-state index in [0.29, 0.717) is 5.69 Å². The third-order valence-corrected chi connectivity index (χ3v) is 2.62. The number of carbonyl (C=O) groups is 1. The molecule has 0 aliphatic carbocycles. The second kappa shape index (κ2) is 2.38. The van der Waals surface area contributed by atoms with E-state index in [0.717, 1.165) is 10.6 Å². The zero-order chi connectivity index (χ0) is 8.72. The summed E-state index contributed by atoms with van der Waals surface area (Å²) in [5.41, 5.74) is 1.55. The van der Waals surface area contributed by atoms with Gasteiger partial charge in [-0.15, -0.1) is 5.10 Å². The average Bonchev–Trinajstić information content (AvgIpc) is 2.44. The highest BCUT2D eigenvalue weighted by Crippen LogP contribution is 2.29. The number of hydrogen-bond donors (Lipinski definition) is 0. The maximum absolute atomic E-state index is 11.2. The van der Waals surface area contributed by atoms with Crippen LogP contribution in [0, 0.1) is 0 Å². The number of fused-ring (bicyclic) bond motifs is 1. The van der Waals surface area contributed by atoms with Crippen LogP contribution >= 0.6 is 11.5 Å². The minimum atomic E-state index is 0.0542. The molecule has 2 rings (SSSR count). The van der Waals surface area contributed by atoms with E-state index in [1.54, 1.807) is 13.1 Å². The summed E-state index contributed by atoms with van der Waals surface area (Å²) in [6.45, 7) is 1.55. The molecular weight excluding hydrogens is 174 g/mol. The van der Waals surface area contributed by atoms with Crippen LogP contribution in [-0.4, -0.2) is 19.9 Å². The first kappa shape index (κ1) is 7.42. The molecule has 4 nitrogen and oxygen atoms in total. The monoisotopic (exact) mass is 181 g/mol. The molecule has 2 aliphatic rings. The Morgan fingerprint density at radius 3 is 3.08 bits per heavy atom. The van der Waals surface area contributed by atoms with Gasteiger partial charge in [0.25, 0.3) is 0 Å². The van der Waals surface area contributed by atoms with Crippen LogP contribution in [0.4, 0.5) is 0 Å². The predicted molar refractivity (Wildman–Crippen MR) is 45.5 cm³/mol. The number of carbonyl (C=O) groups excluding carboxylic acids is 1. The fraction of sp³-hybridized carbons (Fsp3) is 0.286. The number of nitrogens with zero attached hydrogens (tertiary/aromatic N) is 3. The number of aryl methyl sites for hydroxylation is 1. The van der Waals surface area contributed by atoms with E-state index in [-0.39, 0.29) is 5.78 Å². The molecule has 0 aromatic rings. The molecule has 12 heavy (non-hydrogen) atoms. The molecule has 0 spiro atoms. The third kappa shape index (κ3) is 0.863. The first-order chi connectivity index (χ1) is 5.70. The van der Waals surface area contributed by atoms with Crippen molar-refractivity contribution in [2.45, 2.75) is 6.92 Å². The van der Waals surface area contributed by atoms with Crippen molar-refractivity contribution in [3.05, 3.63) is 11.9 Å². The Kier molecular flexibility index (Phi) is 1.47. The van der Waals surface area contributed by atoms with Crippen LogP contribution in [0.2, 0.25) is 0 Å². The van der Waals surface area contributed by atoms with Gasteiger partial charge in [0, 0.05) is 14.0 Å². The molecule has 0 bridgehead atoms. The molecule has 0 N–H and O–H groups in total. The van der Waals surface area contributed by atoms with E-state index >= 15 is 0 Å². The molecule has 0 atom stereocenters. The summed E-state index contributed by atoms with van der Waals surface area (Å²) in [5, 5.41) is 8.44. The van der Waals surface area contributed by atoms with Crippen molar-refractivity contribution >= 4 is 17.3 Å². The molecule has 0 radical (unpaired) electrons. The Balaban J connectivity index is 2.73. The number of ketones is 1. The van der Waals surface area contributed by atoms with Gasteiger partial charge in [-0.25, -0.2) is 0 Å². The smallest absolute Gasteiger partial charge is 0.177 e. The fourth-order valence-electron chi connectivity index (χ4n) is 1.23. The van der Waals surface area contributed by atoms with E-state index in [9.17, 15) is 4.79 Å². The van der Waals surface area contributed by atoms with E-state index < -0.39 is 0 Å². The second-order valence-electron chi connectivity index (χ2n) is 2.56. The molecule has 0 aromatic heterocycles. The molecule has 0 unspecified atom stereocenters. The lowest BCUT2D eigenvalue weighted by molar-refractivity contribution is 0.101. The van der Waals surface area contributed by atoms with E-state index in [1.807, 2.05) is 11.0 Å². The van der Waals surface area contributed by atoms with Gasteiger partial charge in [0.1, 0.15) is 5.69 Å². The molecule has 62 valence electrons. The number of aromatic nitrogens is 3. The van der Waals surface area contributed by atoms with Crippen molar-refractivity contribution in [3.63, 3.8) is 0 Å². The van der Waals surface area contributed by atoms with Crippen LogP contribution in [0.5, 0.6) is 0 Å². The molecule has 2 heterocycles. The van der Waals surface area contributed by atoms with Crippen LogP contribution in [0.25, 0.3) is 10.6 Å². The zero-order valence-corrected chi connectivity index (χ0v) is 7.55. The summed E-state index contributed by atoms with van der Waals surface area (Å²) in [5.74, 6) is 0.0542. The summed E-state index contributed by atoms with van der Waals surface area (Å²) >= 11 is 1.44. The van der Waals surface area contributed by atoms with Gasteiger partial charge >= 0.3 is 0 Å². The lowest BCUT2D eigenvalue weighted by atomic mass is 10.2. The van der Waals surface area contributed by atoms with E-state index in [2.05, 4.69) is 10.2 Å². The van der Waals surface area contributed by atoms with Crippen LogP contribution < -0.4 is 0 Å². The molecular formula is C7H7N3OS. The largest absolute Gasteiger partial charge is 0.295 e. The molecule has 0 amide bonds. The van der Waals surface area contributed by atoms with Crippen molar-refractivity contribution in [1.29, 1.82) is 0 Å². The number of rotatable bonds is 1. The zero-order valence-electron chi connectivity index (χ0n) is 6.74. The highest BCUT2D eigenvalue weighted by atomic mass is 32.1. The van der Waals surface area contributed by atoms with Crippen molar-refractivity contribution < 1.29 is 4.79 Å². The molecule has 5 heteroatoms. The van der Waals surface area contributed by atoms with Crippen LogP contribution in [0.15, 0.2) is 6.20 Å². The van der Waals surface area contributed by atoms with E-state index in [1.165, 1.54) is 11.5 Å². The number of Topliss-reactive ketones (excluding diaryl/α,β-unsaturated/α-hetero) is 1. The normalized spacial score (nSPS) is 10.8. The van der Waals surface area contributed by atoms with Gasteiger partial charge < -0.3 is 0 Å². The maximum Gasteiger partial charge on any atom is 0.177 e. The Hall–Kier alpha value is -1.23. The average molecular weight is 181 g/mol. The Bertz CT molecular complexity index is 403. The highest BCUT2D eigenvalue weighted by molar-refractivity contribution is 7.10. The quantitative estimate of drug-likeness (QED) is 0.621. The molecule has 0 saturated carbocycles. The standard InChI is InChI=1S/C7H7N3OS/c1-4(11)6-5-3-8-9-7(5)12-10(6)2/h3H,1-2H3. The summed E-state index contributed by atoms with van der Waals surface area (Å²) < 4.78 is 1.82. The van der Waals surface area contributed by atoms with Gasteiger partial charge in [-0.3, -0.25) is 8.75 Å². The van der Waals surface area contributed by atoms with Gasteiger partial charge in [0.2, 0.25) is 0 Å².